The number of rotatable bonds is 5. The third kappa shape index (κ3) is 2.89. The van der Waals surface area contributed by atoms with Crippen LogP contribution in [-0.2, 0) is 16.1 Å². The largest absolute Gasteiger partial charge is 0.466 e. The highest BCUT2D eigenvalue weighted by atomic mass is 19.1. The highest BCUT2D eigenvalue weighted by Gasteiger charge is 2.51. The van der Waals surface area contributed by atoms with Gasteiger partial charge in [0.25, 0.3) is 0 Å². The fourth-order valence-corrected chi connectivity index (χ4v) is 4.14. The average molecular weight is 305 g/mol. The van der Waals surface area contributed by atoms with E-state index in [0.717, 1.165) is 18.4 Å². The Morgan fingerprint density at radius 1 is 1.36 bits per heavy atom. The molecule has 0 amide bonds. The molecule has 0 spiro atoms. The van der Waals surface area contributed by atoms with Crippen LogP contribution in [0.5, 0.6) is 0 Å². The Balaban J connectivity index is 1.67. The van der Waals surface area contributed by atoms with Crippen molar-refractivity contribution in [2.24, 2.45) is 17.8 Å². The van der Waals surface area contributed by atoms with Crippen molar-refractivity contribution in [3.8, 4) is 0 Å². The van der Waals surface area contributed by atoms with Gasteiger partial charge < -0.3 is 10.1 Å². The number of esters is 1. The minimum atomic E-state index is -0.172. The quantitative estimate of drug-likeness (QED) is 0.849. The van der Waals surface area contributed by atoms with Gasteiger partial charge in [0.2, 0.25) is 0 Å². The van der Waals surface area contributed by atoms with Crippen LogP contribution in [0.2, 0.25) is 0 Å². The summed E-state index contributed by atoms with van der Waals surface area (Å²) in [5.41, 5.74) is 1.58. The van der Waals surface area contributed by atoms with Crippen LogP contribution in [0.1, 0.15) is 37.3 Å². The number of benzene rings is 1. The summed E-state index contributed by atoms with van der Waals surface area (Å²) in [6, 6.07) is 5.49. The topological polar surface area (TPSA) is 38.3 Å². The maximum atomic E-state index is 13.6. The summed E-state index contributed by atoms with van der Waals surface area (Å²) >= 11 is 0. The predicted molar refractivity (Wildman–Crippen MR) is 82.7 cm³/mol. The lowest BCUT2D eigenvalue weighted by molar-refractivity contribution is -0.150. The van der Waals surface area contributed by atoms with Crippen molar-refractivity contribution in [3.63, 3.8) is 0 Å². The first kappa shape index (κ1) is 15.5. The Morgan fingerprint density at radius 3 is 2.86 bits per heavy atom. The molecule has 1 N–H and O–H groups in total. The van der Waals surface area contributed by atoms with E-state index < -0.39 is 0 Å². The molecule has 2 bridgehead atoms. The van der Waals surface area contributed by atoms with Gasteiger partial charge in [-0.2, -0.15) is 0 Å². The molecular formula is C18H24FNO2. The van der Waals surface area contributed by atoms with Crippen LogP contribution in [0.25, 0.3) is 0 Å². The molecule has 0 saturated heterocycles. The lowest BCUT2D eigenvalue weighted by atomic mass is 9.84. The number of hydrogen-bond acceptors (Lipinski definition) is 3. The Morgan fingerprint density at radius 2 is 2.14 bits per heavy atom. The average Bonchev–Trinajstić information content (AvgIpc) is 3.09. The molecule has 3 nitrogen and oxygen atoms in total. The van der Waals surface area contributed by atoms with E-state index in [1.54, 1.807) is 19.1 Å². The molecule has 0 aromatic heterocycles. The highest BCUT2D eigenvalue weighted by molar-refractivity contribution is 5.74. The van der Waals surface area contributed by atoms with Crippen LogP contribution in [0.4, 0.5) is 4.39 Å². The molecule has 4 atom stereocenters. The molecule has 0 aliphatic heterocycles. The number of hydrogen-bond donors (Lipinski definition) is 1. The highest BCUT2D eigenvalue weighted by Crippen LogP contribution is 2.49. The maximum absolute atomic E-state index is 13.6. The lowest BCUT2D eigenvalue weighted by Gasteiger charge is -2.30. The smallest absolute Gasteiger partial charge is 0.310 e. The normalized spacial score (nSPS) is 29.8. The number of carbonyl (C=O) groups is 1. The molecule has 2 saturated carbocycles. The molecule has 4 heteroatoms. The molecule has 2 fully saturated rings. The zero-order valence-electron chi connectivity index (χ0n) is 13.3. The van der Waals surface area contributed by atoms with Gasteiger partial charge in [-0.1, -0.05) is 12.1 Å². The summed E-state index contributed by atoms with van der Waals surface area (Å²) in [6.45, 7) is 4.64. The molecule has 120 valence electrons. The third-order valence-electron chi connectivity index (χ3n) is 5.25. The van der Waals surface area contributed by atoms with Crippen LogP contribution in [-0.4, -0.2) is 18.6 Å². The maximum Gasteiger partial charge on any atom is 0.310 e. The zero-order chi connectivity index (χ0) is 15.7. The SMILES string of the molecule is CCOC(=O)[C@@H]1[C@H]2CC[C@H](C2)[C@@H]1NCc1ccc(C)c(F)c1. The predicted octanol–water partition coefficient (Wildman–Crippen LogP) is 3.20. The van der Waals surface area contributed by atoms with Crippen LogP contribution in [0.15, 0.2) is 18.2 Å². The van der Waals surface area contributed by atoms with Gasteiger partial charge in [-0.05, 0) is 62.1 Å². The minimum absolute atomic E-state index is 0.0333. The molecule has 2 aliphatic rings. The summed E-state index contributed by atoms with van der Waals surface area (Å²) in [6.07, 6.45) is 3.43. The summed E-state index contributed by atoms with van der Waals surface area (Å²) in [5.74, 6) is 0.733. The van der Waals surface area contributed by atoms with Crippen LogP contribution in [0.3, 0.4) is 0 Å². The van der Waals surface area contributed by atoms with E-state index in [9.17, 15) is 9.18 Å². The molecule has 3 rings (SSSR count). The number of aryl methyl sites for hydroxylation is 1. The van der Waals surface area contributed by atoms with Gasteiger partial charge in [0.1, 0.15) is 5.82 Å². The van der Waals surface area contributed by atoms with Crippen molar-refractivity contribution in [1.82, 2.24) is 5.32 Å². The molecule has 1 aromatic carbocycles. The van der Waals surface area contributed by atoms with E-state index in [4.69, 9.17) is 4.74 Å². The second-order valence-electron chi connectivity index (χ2n) is 6.60. The van der Waals surface area contributed by atoms with E-state index in [1.165, 1.54) is 6.42 Å². The molecular weight excluding hydrogens is 281 g/mol. The molecule has 0 heterocycles. The third-order valence-corrected chi connectivity index (χ3v) is 5.25. The molecule has 1 aromatic rings. The summed E-state index contributed by atoms with van der Waals surface area (Å²) < 4.78 is 18.9. The molecule has 2 aliphatic carbocycles. The second-order valence-corrected chi connectivity index (χ2v) is 6.60. The van der Waals surface area contributed by atoms with Gasteiger partial charge >= 0.3 is 5.97 Å². The first-order valence-electron chi connectivity index (χ1n) is 8.25. The zero-order valence-corrected chi connectivity index (χ0v) is 13.3. The molecule has 22 heavy (non-hydrogen) atoms. The van der Waals surface area contributed by atoms with Gasteiger partial charge in [-0.25, -0.2) is 4.39 Å². The van der Waals surface area contributed by atoms with Gasteiger partial charge in [0.15, 0.2) is 0 Å². The number of carbonyl (C=O) groups excluding carboxylic acids is 1. The Bertz CT molecular complexity index is 560. The first-order valence-corrected chi connectivity index (χ1v) is 8.25. The van der Waals surface area contributed by atoms with Crippen molar-refractivity contribution in [2.75, 3.05) is 6.61 Å². The summed E-state index contributed by atoms with van der Waals surface area (Å²) in [7, 11) is 0. The van der Waals surface area contributed by atoms with Crippen molar-refractivity contribution in [3.05, 3.63) is 35.1 Å². The van der Waals surface area contributed by atoms with E-state index in [0.29, 0.717) is 30.6 Å². The fraction of sp³-hybridized carbons (Fsp3) is 0.611. The first-order chi connectivity index (χ1) is 10.6. The fourth-order valence-electron chi connectivity index (χ4n) is 4.14. The van der Waals surface area contributed by atoms with Gasteiger partial charge in [-0.3, -0.25) is 4.79 Å². The Kier molecular flexibility index (Phi) is 4.48. The van der Waals surface area contributed by atoms with Crippen molar-refractivity contribution in [1.29, 1.82) is 0 Å². The van der Waals surface area contributed by atoms with Gasteiger partial charge in [0, 0.05) is 12.6 Å². The van der Waals surface area contributed by atoms with Crippen LogP contribution in [0, 0.1) is 30.5 Å². The number of ether oxygens (including phenoxy) is 1. The Labute approximate surface area is 131 Å². The van der Waals surface area contributed by atoms with E-state index in [2.05, 4.69) is 5.32 Å². The van der Waals surface area contributed by atoms with Crippen molar-refractivity contribution in [2.45, 2.75) is 45.7 Å². The van der Waals surface area contributed by atoms with Gasteiger partial charge in [0.05, 0.1) is 12.5 Å². The van der Waals surface area contributed by atoms with E-state index in [1.807, 2.05) is 13.0 Å². The van der Waals surface area contributed by atoms with E-state index >= 15 is 0 Å². The second kappa shape index (κ2) is 6.37. The molecule has 0 radical (unpaired) electrons. The lowest BCUT2D eigenvalue weighted by Crippen LogP contribution is -2.44. The molecule has 0 unspecified atom stereocenters. The summed E-state index contributed by atoms with van der Waals surface area (Å²) in [5, 5.41) is 3.50. The van der Waals surface area contributed by atoms with Gasteiger partial charge in [-0.15, -0.1) is 0 Å². The Hall–Kier alpha value is -1.42. The monoisotopic (exact) mass is 305 g/mol. The summed E-state index contributed by atoms with van der Waals surface area (Å²) in [4.78, 5) is 12.2. The van der Waals surface area contributed by atoms with Crippen molar-refractivity contribution < 1.29 is 13.9 Å². The van der Waals surface area contributed by atoms with Crippen LogP contribution < -0.4 is 5.32 Å². The van der Waals surface area contributed by atoms with E-state index in [-0.39, 0.29) is 23.7 Å². The number of halogens is 1. The standard InChI is InChI=1S/C18H24FNO2/c1-3-22-18(21)16-13-6-7-14(9-13)17(16)20-10-12-5-4-11(2)15(19)8-12/h4-5,8,13-14,16-17,20H,3,6-7,9-10H2,1-2H3/t13-,14+,16+,17-/m0/s1. The van der Waals surface area contributed by atoms with Crippen molar-refractivity contribution >= 4 is 5.97 Å². The number of fused-ring (bicyclic) bond motifs is 2. The number of nitrogens with one attached hydrogen (secondary N) is 1. The van der Waals surface area contributed by atoms with Crippen LogP contribution >= 0.6 is 0 Å². The minimum Gasteiger partial charge on any atom is -0.466 e.